The maximum atomic E-state index is 11.5. The monoisotopic (exact) mass is 476 g/mol. The van der Waals surface area contributed by atoms with Crippen LogP contribution in [0.15, 0.2) is 4.99 Å². The molecule has 18 nitrogen and oxygen atoms in total. The summed E-state index contributed by atoms with van der Waals surface area (Å²) in [5.41, 5.74) is 9.42. The Hall–Kier alpha value is -2.49. The van der Waals surface area contributed by atoms with Crippen LogP contribution in [0.1, 0.15) is 6.42 Å². The lowest BCUT2D eigenvalue weighted by atomic mass is 9.87. The molecule has 0 unspecified atom stereocenters. The molecule has 0 aliphatic carbocycles. The van der Waals surface area contributed by atoms with Gasteiger partial charge in [0.25, 0.3) is 0 Å². The van der Waals surface area contributed by atoms with Gasteiger partial charge in [-0.3, -0.25) is 20.2 Å². The molecule has 11 N–H and O–H groups in total. The second-order valence-electron chi connectivity index (χ2n) is 6.53. The number of carbonyl (C=O) groups is 1. The smallest absolute Gasteiger partial charge is 0.422 e. The van der Waals surface area contributed by atoms with E-state index in [1.807, 2.05) is 0 Å². The Morgan fingerprint density at radius 1 is 1.30 bits per heavy atom. The fourth-order valence-corrected chi connectivity index (χ4v) is 4.41. The van der Waals surface area contributed by atoms with Gasteiger partial charge >= 0.3 is 32.8 Å². The normalized spacial score (nSPS) is 32.4. The minimum Gasteiger partial charge on any atom is -0.445 e. The molecule has 1 amide bonds. The average molecular weight is 476 g/mol. The molecule has 1 spiro atoms. The van der Waals surface area contributed by atoms with Crippen molar-refractivity contribution in [3.8, 4) is 0 Å². The molecular formula is C10H18N7O11S2+. The van der Waals surface area contributed by atoms with Crippen LogP contribution >= 0.6 is 0 Å². The molecule has 0 aromatic carbocycles. The van der Waals surface area contributed by atoms with Gasteiger partial charge in [0.2, 0.25) is 17.7 Å². The van der Waals surface area contributed by atoms with E-state index in [0.29, 0.717) is 0 Å². The zero-order valence-electron chi connectivity index (χ0n) is 14.7. The topological polar surface area (TPSA) is 288 Å². The number of hydrogen-bond acceptors (Lipinski definition) is 14. The minimum atomic E-state index is -5.04. The van der Waals surface area contributed by atoms with Gasteiger partial charge in [-0.1, -0.05) is 0 Å². The van der Waals surface area contributed by atoms with Crippen LogP contribution in [-0.4, -0.2) is 95.1 Å². The number of guanidine groups is 2. The lowest BCUT2D eigenvalue weighted by Gasteiger charge is -2.42. The summed E-state index contributed by atoms with van der Waals surface area (Å²) < 4.78 is 72.3. The molecule has 20 heteroatoms. The average Bonchev–Trinajstić information content (AvgIpc) is 2.96. The summed E-state index contributed by atoms with van der Waals surface area (Å²) >= 11 is 0. The van der Waals surface area contributed by atoms with Gasteiger partial charge in [-0.25, -0.2) is 18.5 Å². The molecule has 1 saturated heterocycles. The van der Waals surface area contributed by atoms with Crippen LogP contribution in [0.4, 0.5) is 4.79 Å². The summed E-state index contributed by atoms with van der Waals surface area (Å²) in [5.74, 6) is -3.53. The Balaban J connectivity index is 1.96. The first-order valence-electron chi connectivity index (χ1n) is 7.88. The van der Waals surface area contributed by atoms with Gasteiger partial charge in [0.15, 0.2) is 12.0 Å². The summed E-state index contributed by atoms with van der Waals surface area (Å²) in [4.78, 5) is 15.4. The quantitative estimate of drug-likeness (QED) is 0.101. The molecule has 3 rings (SSSR count). The van der Waals surface area contributed by atoms with Crippen LogP contribution in [0.2, 0.25) is 0 Å². The van der Waals surface area contributed by atoms with Crippen molar-refractivity contribution in [2.45, 2.75) is 36.2 Å². The van der Waals surface area contributed by atoms with Gasteiger partial charge in [-0.05, 0) is 0 Å². The SMILES string of the molecule is NC1=N[C@H]2[C@H](COC(=O)NS(=O)(=O)O)NC(N)=[N+]3[C@@H](OS(=O)(=O)O)CC(O)(O)[C@]23N1. The molecule has 4 atom stereocenters. The Labute approximate surface area is 168 Å². The summed E-state index contributed by atoms with van der Waals surface area (Å²) in [6.45, 7) is -0.666. The number of ether oxygens (including phenoxy) is 1. The zero-order chi connectivity index (χ0) is 22.7. The second-order valence-corrected chi connectivity index (χ2v) is 8.73. The molecule has 0 aromatic heterocycles. The Kier molecular flexibility index (Phi) is 5.00. The lowest BCUT2D eigenvalue weighted by molar-refractivity contribution is -0.672. The van der Waals surface area contributed by atoms with E-state index < -0.39 is 75.5 Å². The van der Waals surface area contributed by atoms with Crippen LogP contribution in [0, 0.1) is 0 Å². The first kappa shape index (κ1) is 22.2. The lowest BCUT2D eigenvalue weighted by Crippen LogP contribution is -2.78. The summed E-state index contributed by atoms with van der Waals surface area (Å²) in [5, 5.41) is 26.3. The minimum absolute atomic E-state index is 0.325. The third-order valence-electron chi connectivity index (χ3n) is 4.58. The van der Waals surface area contributed by atoms with Gasteiger partial charge in [-0.15, -0.1) is 0 Å². The van der Waals surface area contributed by atoms with Crippen LogP contribution in [0.5, 0.6) is 0 Å². The van der Waals surface area contributed by atoms with Crippen molar-refractivity contribution in [3.05, 3.63) is 0 Å². The number of aliphatic hydroxyl groups is 2. The molecule has 30 heavy (non-hydrogen) atoms. The molecule has 0 aromatic rings. The van der Waals surface area contributed by atoms with Crippen molar-refractivity contribution in [2.24, 2.45) is 16.5 Å². The Morgan fingerprint density at radius 3 is 2.50 bits per heavy atom. The highest BCUT2D eigenvalue weighted by Crippen LogP contribution is 2.44. The largest absolute Gasteiger partial charge is 0.445 e. The van der Waals surface area contributed by atoms with Crippen molar-refractivity contribution in [1.82, 2.24) is 15.4 Å². The highest BCUT2D eigenvalue weighted by atomic mass is 32.3. The maximum Gasteiger partial charge on any atom is 0.422 e. The van der Waals surface area contributed by atoms with Crippen LogP contribution in [0.3, 0.4) is 0 Å². The summed E-state index contributed by atoms with van der Waals surface area (Å²) in [6, 6.07) is -2.46. The van der Waals surface area contributed by atoms with E-state index >= 15 is 0 Å². The molecule has 0 saturated carbocycles. The zero-order valence-corrected chi connectivity index (χ0v) is 16.3. The van der Waals surface area contributed by atoms with Crippen molar-refractivity contribution >= 4 is 38.7 Å². The van der Waals surface area contributed by atoms with E-state index in [4.69, 9.17) is 20.6 Å². The van der Waals surface area contributed by atoms with Crippen LogP contribution < -0.4 is 26.8 Å². The summed E-state index contributed by atoms with van der Waals surface area (Å²) in [6.07, 6.45) is -4.07. The van der Waals surface area contributed by atoms with Crippen LogP contribution in [-0.2, 0) is 29.6 Å². The first-order chi connectivity index (χ1) is 13.6. The molecule has 0 radical (unpaired) electrons. The van der Waals surface area contributed by atoms with Crippen molar-refractivity contribution < 1.29 is 54.4 Å². The Morgan fingerprint density at radius 2 is 1.93 bits per heavy atom. The number of amides is 1. The molecule has 170 valence electrons. The molecular weight excluding hydrogens is 458 g/mol. The predicted octanol–water partition coefficient (Wildman–Crippen LogP) is -5.97. The number of rotatable bonds is 5. The maximum absolute atomic E-state index is 11.5. The molecule has 1 fully saturated rings. The fraction of sp³-hybridized carbons (Fsp3) is 0.700. The van der Waals surface area contributed by atoms with E-state index in [-0.39, 0.29) is 5.96 Å². The van der Waals surface area contributed by atoms with Crippen molar-refractivity contribution in [3.63, 3.8) is 0 Å². The second kappa shape index (κ2) is 6.76. The van der Waals surface area contributed by atoms with E-state index in [1.54, 1.807) is 0 Å². The molecule has 3 aliphatic rings. The molecule has 0 bridgehead atoms. The number of nitrogens with one attached hydrogen (secondary N) is 3. The molecule has 3 heterocycles. The predicted molar refractivity (Wildman–Crippen MR) is 91.9 cm³/mol. The van der Waals surface area contributed by atoms with Gasteiger partial charge in [0.05, 0.1) is 6.42 Å². The molecule has 3 aliphatic heterocycles. The Bertz CT molecular complexity index is 1040. The highest BCUT2D eigenvalue weighted by Gasteiger charge is 2.74. The van der Waals surface area contributed by atoms with Crippen molar-refractivity contribution in [1.29, 1.82) is 0 Å². The van der Waals surface area contributed by atoms with Crippen LogP contribution in [0.25, 0.3) is 0 Å². The number of aliphatic imine (C=N–C) groups is 1. The third kappa shape index (κ3) is 3.80. The standard InChI is InChI=1S/C10H17N7O11S2/c11-6-14-5-3(2-27-8(18)16-29(21,22)23)13-7(12)17-4(28-30(24,25)26)1-9(19,20)10(5,17)15-6/h3-5,19-20H,1-2H2,(H8,11,12,13,14,15,16,18,21,22,23,24,25,26)/p+1/t3-,4-,5-,10-/m0/s1. The fourth-order valence-electron chi connectivity index (χ4n) is 3.71. The number of carbonyl (C=O) groups excluding carboxylic acids is 1. The van der Waals surface area contributed by atoms with Gasteiger partial charge in [-0.2, -0.15) is 21.6 Å². The van der Waals surface area contributed by atoms with Crippen molar-refractivity contribution in [2.75, 3.05) is 6.61 Å². The van der Waals surface area contributed by atoms with E-state index in [9.17, 15) is 31.8 Å². The van der Waals surface area contributed by atoms with Gasteiger partial charge < -0.3 is 26.0 Å². The first-order valence-corrected chi connectivity index (χ1v) is 10.7. The summed E-state index contributed by atoms with van der Waals surface area (Å²) in [7, 11) is -9.94. The van der Waals surface area contributed by atoms with E-state index in [0.717, 1.165) is 9.30 Å². The van der Waals surface area contributed by atoms with E-state index in [1.165, 1.54) is 0 Å². The number of nitrogens with two attached hydrogens (primary N) is 2. The number of hydrogen-bond donors (Lipinski definition) is 9. The number of nitrogens with zero attached hydrogens (tertiary/aromatic N) is 2. The third-order valence-corrected chi connectivity index (χ3v) is 5.47. The van der Waals surface area contributed by atoms with Gasteiger partial charge in [0, 0.05) is 0 Å². The highest BCUT2D eigenvalue weighted by molar-refractivity contribution is 7.84. The van der Waals surface area contributed by atoms with Gasteiger partial charge in [0.1, 0.15) is 12.6 Å². The van der Waals surface area contributed by atoms with E-state index in [2.05, 4.69) is 24.5 Å².